The molecule has 82 valence electrons. The van der Waals surface area contributed by atoms with Crippen LogP contribution in [0.2, 0.25) is 10.0 Å². The summed E-state index contributed by atoms with van der Waals surface area (Å²) in [4.78, 5) is 11.2. The lowest BCUT2D eigenvalue weighted by molar-refractivity contribution is 0.0999. The van der Waals surface area contributed by atoms with Gasteiger partial charge in [0.15, 0.2) is 0 Å². The van der Waals surface area contributed by atoms with Crippen LogP contribution in [0.25, 0.3) is 0 Å². The van der Waals surface area contributed by atoms with Crippen molar-refractivity contribution < 1.29 is 4.79 Å². The van der Waals surface area contributed by atoms with Crippen LogP contribution in [-0.2, 0) is 6.42 Å². The lowest BCUT2D eigenvalue weighted by Gasteiger charge is -2.09. The molecule has 0 aliphatic carbocycles. The number of nitrogens with two attached hydrogens (primary N) is 2. The molecule has 1 amide bonds. The minimum Gasteiger partial charge on any atom is -0.366 e. The van der Waals surface area contributed by atoms with Gasteiger partial charge in [0.1, 0.15) is 0 Å². The Morgan fingerprint density at radius 3 is 2.53 bits per heavy atom. The van der Waals surface area contributed by atoms with Crippen LogP contribution in [0.5, 0.6) is 0 Å². The lowest BCUT2D eigenvalue weighted by Crippen LogP contribution is -2.15. The maximum absolute atomic E-state index is 11.2. The van der Waals surface area contributed by atoms with Crippen molar-refractivity contribution in [1.82, 2.24) is 0 Å². The lowest BCUT2D eigenvalue weighted by atomic mass is 10.0. The second-order valence-electron chi connectivity index (χ2n) is 3.15. The van der Waals surface area contributed by atoms with E-state index < -0.39 is 5.91 Å². The second-order valence-corrected chi connectivity index (χ2v) is 3.94. The number of hydrogen-bond acceptors (Lipinski definition) is 2. The van der Waals surface area contributed by atoms with Crippen molar-refractivity contribution in [2.45, 2.75) is 12.8 Å². The fourth-order valence-corrected chi connectivity index (χ4v) is 1.79. The van der Waals surface area contributed by atoms with Crippen LogP contribution in [0, 0.1) is 0 Å². The van der Waals surface area contributed by atoms with Gasteiger partial charge in [-0.25, -0.2) is 0 Å². The third-order valence-corrected chi connectivity index (χ3v) is 2.88. The molecule has 0 radical (unpaired) electrons. The van der Waals surface area contributed by atoms with Crippen molar-refractivity contribution >= 4 is 29.1 Å². The van der Waals surface area contributed by atoms with Crippen LogP contribution < -0.4 is 11.5 Å². The Morgan fingerprint density at radius 2 is 2.00 bits per heavy atom. The normalized spacial score (nSPS) is 10.3. The Hall–Kier alpha value is -0.770. The first-order valence-corrected chi connectivity index (χ1v) is 5.30. The monoisotopic (exact) mass is 246 g/mol. The van der Waals surface area contributed by atoms with Crippen LogP contribution in [0.4, 0.5) is 0 Å². The van der Waals surface area contributed by atoms with Gasteiger partial charge in [0.2, 0.25) is 0 Å². The Labute approximate surface area is 98.3 Å². The number of primary amides is 1. The number of carbonyl (C=O) groups excluding carboxylic acids is 1. The van der Waals surface area contributed by atoms with E-state index in [2.05, 4.69) is 0 Å². The van der Waals surface area contributed by atoms with Crippen LogP contribution >= 0.6 is 23.2 Å². The van der Waals surface area contributed by atoms with Gasteiger partial charge in [0, 0.05) is 0 Å². The van der Waals surface area contributed by atoms with Crippen molar-refractivity contribution in [3.63, 3.8) is 0 Å². The van der Waals surface area contributed by atoms with E-state index >= 15 is 0 Å². The number of halogens is 2. The zero-order valence-corrected chi connectivity index (χ0v) is 9.61. The summed E-state index contributed by atoms with van der Waals surface area (Å²) >= 11 is 11.7. The third kappa shape index (κ3) is 2.84. The summed E-state index contributed by atoms with van der Waals surface area (Å²) in [6.07, 6.45) is 1.45. The number of aryl methyl sites for hydroxylation is 1. The van der Waals surface area contributed by atoms with Crippen molar-refractivity contribution in [3.8, 4) is 0 Å². The summed E-state index contributed by atoms with van der Waals surface area (Å²) in [6.45, 7) is 0.554. The Bertz CT molecular complexity index is 380. The zero-order valence-electron chi connectivity index (χ0n) is 8.09. The van der Waals surface area contributed by atoms with E-state index in [-0.39, 0.29) is 5.02 Å². The number of carbonyl (C=O) groups is 1. The molecule has 0 aliphatic rings. The summed E-state index contributed by atoms with van der Waals surface area (Å²) in [6, 6.07) is 3.41. The number of benzene rings is 1. The predicted molar refractivity (Wildman–Crippen MR) is 62.4 cm³/mol. The summed E-state index contributed by atoms with van der Waals surface area (Å²) in [5.74, 6) is -0.561. The SMILES string of the molecule is NCCCc1ccc(Cl)c(Cl)c1C(N)=O. The van der Waals surface area contributed by atoms with Crippen molar-refractivity contribution in [3.05, 3.63) is 33.3 Å². The molecule has 0 saturated heterocycles. The molecule has 3 nitrogen and oxygen atoms in total. The van der Waals surface area contributed by atoms with E-state index in [1.54, 1.807) is 12.1 Å². The topological polar surface area (TPSA) is 69.1 Å². The maximum atomic E-state index is 11.2. The first-order chi connectivity index (χ1) is 7.07. The Kier molecular flexibility index (Phi) is 4.39. The summed E-state index contributed by atoms with van der Waals surface area (Å²) in [5, 5.41) is 0.556. The molecule has 1 aromatic carbocycles. The second kappa shape index (κ2) is 5.35. The van der Waals surface area contributed by atoms with E-state index in [0.29, 0.717) is 23.6 Å². The van der Waals surface area contributed by atoms with Crippen LogP contribution in [0.1, 0.15) is 22.3 Å². The van der Waals surface area contributed by atoms with Gasteiger partial charge in [0.25, 0.3) is 5.91 Å². The standard InChI is InChI=1S/C10H12Cl2N2O/c11-7-4-3-6(2-1-5-13)8(9(7)12)10(14)15/h3-4H,1-2,5,13H2,(H2,14,15). The van der Waals surface area contributed by atoms with E-state index in [9.17, 15) is 4.79 Å². The minimum atomic E-state index is -0.561. The first kappa shape index (κ1) is 12.3. The smallest absolute Gasteiger partial charge is 0.250 e. The molecule has 5 heteroatoms. The predicted octanol–water partition coefficient (Wildman–Crippen LogP) is 1.98. The van der Waals surface area contributed by atoms with Crippen molar-refractivity contribution in [2.24, 2.45) is 11.5 Å². The molecule has 15 heavy (non-hydrogen) atoms. The van der Waals surface area contributed by atoms with E-state index in [1.165, 1.54) is 0 Å². The van der Waals surface area contributed by atoms with Gasteiger partial charge in [-0.3, -0.25) is 4.79 Å². The Balaban J connectivity index is 3.15. The summed E-state index contributed by atoms with van der Waals surface area (Å²) in [5.41, 5.74) is 11.7. The molecule has 0 atom stereocenters. The zero-order chi connectivity index (χ0) is 11.4. The average Bonchev–Trinajstić information content (AvgIpc) is 2.19. The minimum absolute atomic E-state index is 0.221. The maximum Gasteiger partial charge on any atom is 0.250 e. The first-order valence-electron chi connectivity index (χ1n) is 4.54. The van der Waals surface area contributed by atoms with Gasteiger partial charge in [0.05, 0.1) is 15.6 Å². The molecule has 0 fully saturated rings. The molecule has 0 aliphatic heterocycles. The van der Waals surface area contributed by atoms with Gasteiger partial charge in [-0.15, -0.1) is 0 Å². The Morgan fingerprint density at radius 1 is 1.33 bits per heavy atom. The fraction of sp³-hybridized carbons (Fsp3) is 0.300. The summed E-state index contributed by atoms with van der Waals surface area (Å²) in [7, 11) is 0. The quantitative estimate of drug-likeness (QED) is 0.854. The molecule has 0 unspecified atom stereocenters. The molecule has 0 saturated carbocycles. The van der Waals surface area contributed by atoms with E-state index in [1.807, 2.05) is 0 Å². The third-order valence-electron chi connectivity index (χ3n) is 2.08. The van der Waals surface area contributed by atoms with Crippen LogP contribution in [-0.4, -0.2) is 12.5 Å². The highest BCUT2D eigenvalue weighted by Crippen LogP contribution is 2.28. The van der Waals surface area contributed by atoms with Crippen molar-refractivity contribution in [1.29, 1.82) is 0 Å². The highest BCUT2D eigenvalue weighted by molar-refractivity contribution is 6.44. The van der Waals surface area contributed by atoms with Crippen molar-refractivity contribution in [2.75, 3.05) is 6.54 Å². The molecule has 0 spiro atoms. The molecular weight excluding hydrogens is 235 g/mol. The van der Waals surface area contributed by atoms with Crippen LogP contribution in [0.3, 0.4) is 0 Å². The fourth-order valence-electron chi connectivity index (χ4n) is 1.36. The van der Waals surface area contributed by atoms with Gasteiger partial charge in [-0.2, -0.15) is 0 Å². The van der Waals surface area contributed by atoms with Gasteiger partial charge in [-0.05, 0) is 31.0 Å². The molecule has 0 bridgehead atoms. The van der Waals surface area contributed by atoms with Gasteiger partial charge >= 0.3 is 0 Å². The number of rotatable bonds is 4. The molecule has 0 heterocycles. The molecule has 1 rings (SSSR count). The largest absolute Gasteiger partial charge is 0.366 e. The highest BCUT2D eigenvalue weighted by Gasteiger charge is 2.14. The number of hydrogen-bond donors (Lipinski definition) is 2. The number of amides is 1. The average molecular weight is 247 g/mol. The van der Waals surface area contributed by atoms with E-state index in [0.717, 1.165) is 12.0 Å². The molecule has 1 aromatic rings. The molecular formula is C10H12Cl2N2O. The van der Waals surface area contributed by atoms with Gasteiger partial charge < -0.3 is 11.5 Å². The molecule has 0 aromatic heterocycles. The van der Waals surface area contributed by atoms with Gasteiger partial charge in [-0.1, -0.05) is 29.3 Å². The van der Waals surface area contributed by atoms with Crippen LogP contribution in [0.15, 0.2) is 12.1 Å². The van der Waals surface area contributed by atoms with E-state index in [4.69, 9.17) is 34.7 Å². The molecule has 4 N–H and O–H groups in total. The summed E-state index contributed by atoms with van der Waals surface area (Å²) < 4.78 is 0. The highest BCUT2D eigenvalue weighted by atomic mass is 35.5.